The minimum Gasteiger partial charge on any atom is -0.462 e. The number of aliphatic hydroxyl groups excluding tert-OH is 1. The largest absolute Gasteiger partial charge is 0.472 e. The summed E-state index contributed by atoms with van der Waals surface area (Å²) in [6.07, 6.45) is 45.8. The Morgan fingerprint density at radius 1 is 0.300 bits per heavy atom. The van der Waals surface area contributed by atoms with Gasteiger partial charge in [-0.3, -0.25) is 37.3 Å². The van der Waals surface area contributed by atoms with Gasteiger partial charge in [0.15, 0.2) is 12.2 Å². The van der Waals surface area contributed by atoms with E-state index in [0.717, 1.165) is 108 Å². The van der Waals surface area contributed by atoms with Gasteiger partial charge in [0.2, 0.25) is 0 Å². The number of hydrogen-bond donors (Lipinski definition) is 3. The van der Waals surface area contributed by atoms with Crippen molar-refractivity contribution in [3.63, 3.8) is 0 Å². The van der Waals surface area contributed by atoms with Crippen LogP contribution in [0, 0.1) is 17.8 Å². The molecule has 90 heavy (non-hydrogen) atoms. The predicted octanol–water partition coefficient (Wildman–Crippen LogP) is 20.2. The van der Waals surface area contributed by atoms with Gasteiger partial charge in [-0.25, -0.2) is 9.13 Å². The first-order valence-corrected chi connectivity index (χ1v) is 39.8. The normalized spacial score (nSPS) is 14.2. The van der Waals surface area contributed by atoms with Crippen LogP contribution in [0.2, 0.25) is 0 Å². The Balaban J connectivity index is 5.26. The summed E-state index contributed by atoms with van der Waals surface area (Å²) in [6, 6.07) is 0. The molecule has 0 fully saturated rings. The number of phosphoric ester groups is 2. The first-order chi connectivity index (χ1) is 43.2. The standard InChI is InChI=1S/C71H138O17P2/c1-8-9-10-11-12-13-14-15-18-23-31-38-45-52-68(73)81-58-66(87-70(75)54-47-40-33-24-19-16-17-21-28-35-42-49-62(2)3)60-85-89(77,78)83-56-65(72)57-84-90(79,80)86-61-67(59-82-69(74)53-46-39-32-27-26-30-37-44-51-64(6)7)88-71(76)55-48-41-34-25-20-22-29-36-43-50-63(4)5/h62-67,72H,8-61H2,1-7H3,(H,77,78)(H,79,80)/t65-,66-,67-/m1/s1. The van der Waals surface area contributed by atoms with E-state index >= 15 is 0 Å². The Kier molecular flexibility index (Phi) is 60.6. The smallest absolute Gasteiger partial charge is 0.462 e. The predicted molar refractivity (Wildman–Crippen MR) is 363 cm³/mol. The second-order valence-corrected chi connectivity index (χ2v) is 30.0. The van der Waals surface area contributed by atoms with Crippen molar-refractivity contribution < 1.29 is 80.2 Å². The van der Waals surface area contributed by atoms with Gasteiger partial charge in [-0.05, 0) is 43.4 Å². The number of phosphoric acid groups is 2. The second kappa shape index (κ2) is 61.9. The van der Waals surface area contributed by atoms with Crippen LogP contribution >= 0.6 is 15.6 Å². The van der Waals surface area contributed by atoms with Gasteiger partial charge in [-0.15, -0.1) is 0 Å². The molecule has 0 saturated carbocycles. The van der Waals surface area contributed by atoms with Crippen LogP contribution < -0.4 is 0 Å². The zero-order chi connectivity index (χ0) is 66.6. The van der Waals surface area contributed by atoms with Crippen molar-refractivity contribution in [1.82, 2.24) is 0 Å². The van der Waals surface area contributed by atoms with Crippen LogP contribution in [0.3, 0.4) is 0 Å². The number of aliphatic hydroxyl groups is 1. The molecule has 17 nitrogen and oxygen atoms in total. The molecule has 19 heteroatoms. The lowest BCUT2D eigenvalue weighted by Gasteiger charge is -2.21. The third kappa shape index (κ3) is 64.8. The number of esters is 4. The van der Waals surface area contributed by atoms with Crippen molar-refractivity contribution in [2.45, 2.75) is 375 Å². The van der Waals surface area contributed by atoms with Gasteiger partial charge in [0.25, 0.3) is 0 Å². The molecule has 0 radical (unpaired) electrons. The Morgan fingerprint density at radius 2 is 0.511 bits per heavy atom. The van der Waals surface area contributed by atoms with Crippen molar-refractivity contribution in [3.05, 3.63) is 0 Å². The van der Waals surface area contributed by atoms with Crippen LogP contribution in [0.25, 0.3) is 0 Å². The van der Waals surface area contributed by atoms with E-state index < -0.39 is 97.5 Å². The van der Waals surface area contributed by atoms with E-state index in [-0.39, 0.29) is 25.7 Å². The number of unbranched alkanes of at least 4 members (excludes halogenated alkanes) is 37. The molecule has 5 atom stereocenters. The Morgan fingerprint density at radius 3 is 0.756 bits per heavy atom. The fourth-order valence-electron chi connectivity index (χ4n) is 10.7. The lowest BCUT2D eigenvalue weighted by Crippen LogP contribution is -2.30. The number of carbonyl (C=O) groups is 4. The Bertz CT molecular complexity index is 1770. The van der Waals surface area contributed by atoms with Crippen molar-refractivity contribution in [1.29, 1.82) is 0 Å². The maximum absolute atomic E-state index is 13.0. The van der Waals surface area contributed by atoms with E-state index in [1.807, 2.05) is 0 Å². The third-order valence-electron chi connectivity index (χ3n) is 16.4. The molecule has 534 valence electrons. The van der Waals surface area contributed by atoms with Crippen molar-refractivity contribution in [2.75, 3.05) is 39.6 Å². The minimum atomic E-state index is -4.95. The lowest BCUT2D eigenvalue weighted by molar-refractivity contribution is -0.161. The van der Waals surface area contributed by atoms with Crippen LogP contribution in [0.5, 0.6) is 0 Å². The van der Waals surface area contributed by atoms with Gasteiger partial charge in [-0.2, -0.15) is 0 Å². The van der Waals surface area contributed by atoms with Gasteiger partial charge in [0.1, 0.15) is 19.3 Å². The van der Waals surface area contributed by atoms with Gasteiger partial charge in [-0.1, -0.05) is 305 Å². The minimum absolute atomic E-state index is 0.105. The first kappa shape index (κ1) is 88.1. The summed E-state index contributed by atoms with van der Waals surface area (Å²) in [5.74, 6) is 0.103. The van der Waals surface area contributed by atoms with Crippen LogP contribution in [-0.2, 0) is 65.4 Å². The molecule has 0 aromatic rings. The summed E-state index contributed by atoms with van der Waals surface area (Å²) in [5.41, 5.74) is 0. The molecule has 0 amide bonds. The zero-order valence-corrected chi connectivity index (χ0v) is 60.4. The van der Waals surface area contributed by atoms with Crippen molar-refractivity contribution >= 4 is 39.5 Å². The van der Waals surface area contributed by atoms with Gasteiger partial charge < -0.3 is 33.8 Å². The summed E-state index contributed by atoms with van der Waals surface area (Å²) < 4.78 is 68.3. The van der Waals surface area contributed by atoms with Gasteiger partial charge >= 0.3 is 39.5 Å². The van der Waals surface area contributed by atoms with Gasteiger partial charge in [0, 0.05) is 25.7 Å². The molecular formula is C71H138O17P2. The summed E-state index contributed by atoms with van der Waals surface area (Å²) >= 11 is 0. The molecular weight excluding hydrogens is 1190 g/mol. The van der Waals surface area contributed by atoms with Crippen LogP contribution in [0.15, 0.2) is 0 Å². The van der Waals surface area contributed by atoms with Crippen LogP contribution in [0.1, 0.15) is 357 Å². The number of ether oxygens (including phenoxy) is 4. The number of hydrogen-bond acceptors (Lipinski definition) is 15. The zero-order valence-electron chi connectivity index (χ0n) is 58.6. The quantitative estimate of drug-likeness (QED) is 0.0222. The van der Waals surface area contributed by atoms with E-state index in [1.165, 1.54) is 167 Å². The molecule has 3 N–H and O–H groups in total. The van der Waals surface area contributed by atoms with E-state index in [4.69, 9.17) is 37.0 Å². The summed E-state index contributed by atoms with van der Waals surface area (Å²) in [4.78, 5) is 72.6. The molecule has 0 bridgehead atoms. The van der Waals surface area contributed by atoms with E-state index in [1.54, 1.807) is 0 Å². The monoisotopic (exact) mass is 1320 g/mol. The summed E-state index contributed by atoms with van der Waals surface area (Å²) in [7, 11) is -9.90. The number of carbonyl (C=O) groups excluding carboxylic acids is 4. The van der Waals surface area contributed by atoms with Crippen molar-refractivity contribution in [2.24, 2.45) is 17.8 Å². The highest BCUT2D eigenvalue weighted by atomic mass is 31.2. The fraction of sp³-hybridized carbons (Fsp3) is 0.944. The molecule has 0 rings (SSSR count). The van der Waals surface area contributed by atoms with Crippen LogP contribution in [-0.4, -0.2) is 96.7 Å². The second-order valence-electron chi connectivity index (χ2n) is 27.1. The van der Waals surface area contributed by atoms with Gasteiger partial charge in [0.05, 0.1) is 26.4 Å². The SMILES string of the molecule is CCCCCCCCCCCCCCCC(=O)OC[C@H](COP(=O)(O)OC[C@@H](O)COP(=O)(O)OC[C@@H](COC(=O)CCCCCCCCCCC(C)C)OC(=O)CCCCCCCCCCCC(C)C)OC(=O)CCCCCCCCCCCCCC(C)C. The summed E-state index contributed by atoms with van der Waals surface area (Å²) in [6.45, 7) is 11.8. The fourth-order valence-corrected chi connectivity index (χ4v) is 12.3. The average Bonchev–Trinajstić information content (AvgIpc) is 3.71. The number of rotatable bonds is 69. The lowest BCUT2D eigenvalue weighted by atomic mass is 10.0. The van der Waals surface area contributed by atoms with E-state index in [2.05, 4.69) is 48.5 Å². The molecule has 0 aromatic heterocycles. The molecule has 0 aromatic carbocycles. The van der Waals surface area contributed by atoms with Crippen molar-refractivity contribution in [3.8, 4) is 0 Å². The summed E-state index contributed by atoms with van der Waals surface area (Å²) in [5, 5.41) is 10.6. The van der Waals surface area contributed by atoms with E-state index in [0.29, 0.717) is 25.7 Å². The molecule has 0 aliphatic heterocycles. The Hall–Kier alpha value is -1.94. The topological polar surface area (TPSA) is 237 Å². The maximum Gasteiger partial charge on any atom is 0.472 e. The highest BCUT2D eigenvalue weighted by Gasteiger charge is 2.30. The molecule has 0 heterocycles. The highest BCUT2D eigenvalue weighted by Crippen LogP contribution is 2.45. The molecule has 2 unspecified atom stereocenters. The molecule has 0 aliphatic carbocycles. The Labute approximate surface area is 549 Å². The highest BCUT2D eigenvalue weighted by molar-refractivity contribution is 7.47. The average molecular weight is 1330 g/mol. The molecule has 0 spiro atoms. The molecule has 0 saturated heterocycles. The van der Waals surface area contributed by atoms with Crippen LogP contribution in [0.4, 0.5) is 0 Å². The van der Waals surface area contributed by atoms with E-state index in [9.17, 15) is 43.2 Å². The molecule has 0 aliphatic rings. The third-order valence-corrected chi connectivity index (χ3v) is 18.3. The maximum atomic E-state index is 13.0. The first-order valence-electron chi connectivity index (χ1n) is 36.8.